The average molecular weight is 356 g/mol. The molecule has 0 bridgehead atoms. The molecule has 2 aliphatic rings. The summed E-state index contributed by atoms with van der Waals surface area (Å²) in [5.41, 5.74) is 4.47. The van der Waals surface area contributed by atoms with Gasteiger partial charge in [-0.25, -0.2) is 0 Å². The first kappa shape index (κ1) is 13.1. The maximum Gasteiger partial charge on any atom is 0.258 e. The van der Waals surface area contributed by atoms with Gasteiger partial charge in [-0.2, -0.15) is 0 Å². The van der Waals surface area contributed by atoms with E-state index >= 15 is 0 Å². The van der Waals surface area contributed by atoms with Crippen LogP contribution >= 0.6 is 15.9 Å². The Hall–Kier alpha value is -2.60. The van der Waals surface area contributed by atoms with Crippen LogP contribution in [0.1, 0.15) is 11.1 Å². The zero-order chi connectivity index (χ0) is 15.3. The highest BCUT2D eigenvalue weighted by atomic mass is 79.9. The van der Waals surface area contributed by atoms with Gasteiger partial charge in [0.25, 0.3) is 5.91 Å². The summed E-state index contributed by atoms with van der Waals surface area (Å²) in [5.74, 6) is -0.218. The quantitative estimate of drug-likeness (QED) is 0.385. The Labute approximate surface area is 134 Å². The summed E-state index contributed by atoms with van der Waals surface area (Å²) in [6, 6.07) is 13.0. The maximum atomic E-state index is 12.4. The summed E-state index contributed by atoms with van der Waals surface area (Å²) in [4.78, 5) is 12.4. The lowest BCUT2D eigenvalue weighted by atomic mass is 10.0. The topological polar surface area (TPSA) is 73.7 Å². The molecule has 5 nitrogen and oxygen atoms in total. The molecule has 3 N–H and O–H groups in total. The van der Waals surface area contributed by atoms with Crippen molar-refractivity contribution in [1.29, 1.82) is 0 Å². The van der Waals surface area contributed by atoms with Crippen LogP contribution in [0.2, 0.25) is 0 Å². The lowest BCUT2D eigenvalue weighted by Crippen LogP contribution is -2.12. The predicted molar refractivity (Wildman–Crippen MR) is 88.1 cm³/mol. The summed E-state index contributed by atoms with van der Waals surface area (Å²) in [6.45, 7) is 0. The second-order valence-electron chi connectivity index (χ2n) is 5.01. The Balaban J connectivity index is 1.96. The number of benzene rings is 2. The molecule has 0 unspecified atom stereocenters. The van der Waals surface area contributed by atoms with Crippen molar-refractivity contribution in [1.82, 2.24) is 0 Å². The van der Waals surface area contributed by atoms with Crippen LogP contribution in [0.5, 0.6) is 0 Å². The normalized spacial score (nSPS) is 20.6. The smallest absolute Gasteiger partial charge is 0.258 e. The minimum atomic E-state index is -0.218. The van der Waals surface area contributed by atoms with Gasteiger partial charge in [0.15, 0.2) is 0 Å². The van der Waals surface area contributed by atoms with E-state index < -0.39 is 0 Å². The second-order valence-corrected chi connectivity index (χ2v) is 5.93. The van der Waals surface area contributed by atoms with Gasteiger partial charge in [-0.15, -0.1) is 0 Å². The van der Waals surface area contributed by atoms with Gasteiger partial charge in [0, 0.05) is 21.3 Å². The number of carbonyl (C=O) groups excluding carboxylic acids is 1. The zero-order valence-electron chi connectivity index (χ0n) is 11.2. The third-order valence-corrected chi connectivity index (χ3v) is 4.25. The molecule has 108 valence electrons. The number of hydrogen-bond acceptors (Lipinski definition) is 4. The van der Waals surface area contributed by atoms with Gasteiger partial charge < -0.3 is 15.8 Å². The number of rotatable bonds is 0. The van der Waals surface area contributed by atoms with Crippen LogP contribution in [-0.2, 0) is 4.79 Å². The molecule has 22 heavy (non-hydrogen) atoms. The summed E-state index contributed by atoms with van der Waals surface area (Å²) >= 11 is 3.39. The number of oxime groups is 1. The first-order valence-electron chi connectivity index (χ1n) is 6.63. The van der Waals surface area contributed by atoms with Crippen molar-refractivity contribution in [2.45, 2.75) is 0 Å². The van der Waals surface area contributed by atoms with Crippen LogP contribution in [0.15, 0.2) is 57.8 Å². The molecular weight excluding hydrogens is 346 g/mol. The van der Waals surface area contributed by atoms with Crippen molar-refractivity contribution in [2.75, 3.05) is 10.6 Å². The minimum Gasteiger partial charge on any atom is -0.410 e. The number of carbonyl (C=O) groups is 1. The lowest BCUT2D eigenvalue weighted by Gasteiger charge is -2.05. The van der Waals surface area contributed by atoms with Crippen molar-refractivity contribution < 1.29 is 10.0 Å². The monoisotopic (exact) mass is 355 g/mol. The molecule has 2 heterocycles. The fourth-order valence-corrected chi connectivity index (χ4v) is 3.17. The van der Waals surface area contributed by atoms with E-state index in [1.54, 1.807) is 0 Å². The van der Waals surface area contributed by atoms with E-state index in [1.165, 1.54) is 0 Å². The highest BCUT2D eigenvalue weighted by Gasteiger charge is 2.34. The maximum absolute atomic E-state index is 12.4. The van der Waals surface area contributed by atoms with Crippen molar-refractivity contribution in [3.63, 3.8) is 0 Å². The van der Waals surface area contributed by atoms with E-state index in [0.29, 0.717) is 17.0 Å². The second kappa shape index (κ2) is 4.71. The summed E-state index contributed by atoms with van der Waals surface area (Å²) in [7, 11) is 0. The van der Waals surface area contributed by atoms with Crippen molar-refractivity contribution in [3.05, 3.63) is 63.8 Å². The Morgan fingerprint density at radius 1 is 1.00 bits per heavy atom. The number of nitrogens with zero attached hydrogens (tertiary/aromatic N) is 1. The third-order valence-electron chi connectivity index (χ3n) is 3.75. The predicted octanol–water partition coefficient (Wildman–Crippen LogP) is 3.42. The van der Waals surface area contributed by atoms with Gasteiger partial charge >= 0.3 is 0 Å². The van der Waals surface area contributed by atoms with Gasteiger partial charge in [0.1, 0.15) is 5.71 Å². The molecule has 0 atom stereocenters. The Bertz CT molecular complexity index is 887. The van der Waals surface area contributed by atoms with E-state index in [-0.39, 0.29) is 5.91 Å². The molecule has 0 aliphatic carbocycles. The molecule has 0 saturated carbocycles. The number of allylic oxidation sites excluding steroid dienone is 1. The molecule has 6 heteroatoms. The van der Waals surface area contributed by atoms with Crippen LogP contribution in [0.3, 0.4) is 0 Å². The minimum absolute atomic E-state index is 0.218. The van der Waals surface area contributed by atoms with Crippen LogP contribution in [-0.4, -0.2) is 16.8 Å². The first-order valence-corrected chi connectivity index (χ1v) is 7.43. The molecule has 2 aromatic rings. The van der Waals surface area contributed by atoms with E-state index in [2.05, 4.69) is 31.7 Å². The van der Waals surface area contributed by atoms with Gasteiger partial charge in [0.2, 0.25) is 0 Å². The molecule has 2 aromatic carbocycles. The summed E-state index contributed by atoms with van der Waals surface area (Å²) < 4.78 is 0.886. The lowest BCUT2D eigenvalue weighted by molar-refractivity contribution is -0.110. The van der Waals surface area contributed by atoms with Crippen LogP contribution < -0.4 is 10.6 Å². The van der Waals surface area contributed by atoms with Gasteiger partial charge in [-0.05, 0) is 18.2 Å². The number of fused-ring (bicyclic) bond motifs is 2. The van der Waals surface area contributed by atoms with Crippen LogP contribution in [0.25, 0.3) is 5.57 Å². The molecule has 0 spiro atoms. The standard InChI is InChI=1S/C16H10BrN3O2/c17-8-5-6-9-12(7-8)19-16(21)13(9)15-14(20-22)10-3-1-2-4-11(10)18-15/h1-7,18,22H,(H,19,21). The SMILES string of the molecule is O=C1Nc2cc(Br)ccc2C1=C1Nc2ccccc2C1=NO. The Kier molecular flexibility index (Phi) is 2.80. The Morgan fingerprint density at radius 3 is 2.64 bits per heavy atom. The molecule has 1 amide bonds. The zero-order valence-corrected chi connectivity index (χ0v) is 12.8. The van der Waals surface area contributed by atoms with Crippen molar-refractivity contribution in [3.8, 4) is 0 Å². The van der Waals surface area contributed by atoms with Crippen LogP contribution in [0.4, 0.5) is 11.4 Å². The van der Waals surface area contributed by atoms with Gasteiger partial charge in [-0.3, -0.25) is 4.79 Å². The van der Waals surface area contributed by atoms with E-state index in [0.717, 1.165) is 27.0 Å². The fourth-order valence-electron chi connectivity index (χ4n) is 2.81. The largest absolute Gasteiger partial charge is 0.410 e. The number of nitrogens with one attached hydrogen (secondary N) is 2. The summed E-state index contributed by atoms with van der Waals surface area (Å²) in [6.07, 6.45) is 0. The highest BCUT2D eigenvalue weighted by Crippen LogP contribution is 2.39. The van der Waals surface area contributed by atoms with E-state index in [9.17, 15) is 10.0 Å². The van der Waals surface area contributed by atoms with Gasteiger partial charge in [0.05, 0.1) is 17.0 Å². The average Bonchev–Trinajstić information content (AvgIpc) is 3.02. The molecule has 4 rings (SSSR count). The molecule has 0 fully saturated rings. The highest BCUT2D eigenvalue weighted by molar-refractivity contribution is 9.10. The summed E-state index contributed by atoms with van der Waals surface area (Å²) in [5, 5.41) is 18.8. The van der Waals surface area contributed by atoms with Crippen LogP contribution in [0, 0.1) is 0 Å². The third kappa shape index (κ3) is 1.77. The van der Waals surface area contributed by atoms with Crippen molar-refractivity contribution >= 4 is 44.5 Å². The molecular formula is C16H10BrN3O2. The molecule has 0 aromatic heterocycles. The van der Waals surface area contributed by atoms with Gasteiger partial charge in [-0.1, -0.05) is 45.4 Å². The Morgan fingerprint density at radius 2 is 1.82 bits per heavy atom. The molecule has 0 saturated heterocycles. The number of amides is 1. The number of anilines is 2. The number of hydrogen-bond donors (Lipinski definition) is 3. The first-order chi connectivity index (χ1) is 10.7. The number of para-hydroxylation sites is 1. The molecule has 0 radical (unpaired) electrons. The molecule has 2 aliphatic heterocycles. The van der Waals surface area contributed by atoms with Crippen molar-refractivity contribution in [2.24, 2.45) is 5.16 Å². The number of halogens is 1. The fraction of sp³-hybridized carbons (Fsp3) is 0. The van der Waals surface area contributed by atoms with E-state index in [1.807, 2.05) is 42.5 Å². The van der Waals surface area contributed by atoms with E-state index in [4.69, 9.17) is 0 Å².